The molecule has 0 amide bonds. The molecule has 1 aromatic carbocycles. The van der Waals surface area contributed by atoms with Crippen molar-refractivity contribution < 1.29 is 4.74 Å². The minimum absolute atomic E-state index is 0.496. The molecular formula is C10H5BrClIN2O. The van der Waals surface area contributed by atoms with Gasteiger partial charge in [-0.05, 0) is 40.8 Å². The van der Waals surface area contributed by atoms with Crippen LogP contribution in [0.2, 0.25) is 5.02 Å². The maximum absolute atomic E-state index is 6.01. The Balaban J connectivity index is 2.34. The fraction of sp³-hybridized carbons (Fsp3) is 0. The second-order valence-corrected chi connectivity index (χ2v) is 5.34. The Morgan fingerprint density at radius 1 is 1.38 bits per heavy atom. The van der Waals surface area contributed by atoms with Crippen LogP contribution in [0.15, 0.2) is 35.2 Å². The number of hydrogen-bond donors (Lipinski definition) is 0. The first-order valence-corrected chi connectivity index (χ1v) is 6.50. The van der Waals surface area contributed by atoms with Gasteiger partial charge in [-0.3, -0.25) is 0 Å². The third-order valence-corrected chi connectivity index (χ3v) is 3.28. The van der Waals surface area contributed by atoms with Crippen LogP contribution >= 0.6 is 50.1 Å². The molecule has 0 N–H and O–H groups in total. The predicted octanol–water partition coefficient (Wildman–Crippen LogP) is 4.29. The molecule has 0 fully saturated rings. The van der Waals surface area contributed by atoms with Crippen LogP contribution in [-0.2, 0) is 0 Å². The molecule has 0 radical (unpaired) electrons. The zero-order valence-electron chi connectivity index (χ0n) is 7.82. The van der Waals surface area contributed by atoms with Crippen molar-refractivity contribution in [2.75, 3.05) is 0 Å². The topological polar surface area (TPSA) is 35.0 Å². The van der Waals surface area contributed by atoms with Gasteiger partial charge < -0.3 is 4.74 Å². The molecule has 0 aliphatic carbocycles. The van der Waals surface area contributed by atoms with E-state index in [0.29, 0.717) is 16.7 Å². The van der Waals surface area contributed by atoms with E-state index >= 15 is 0 Å². The number of ether oxygens (including phenoxy) is 1. The number of hydrogen-bond acceptors (Lipinski definition) is 3. The lowest BCUT2D eigenvalue weighted by atomic mass is 10.3. The third-order valence-electron chi connectivity index (χ3n) is 1.73. The highest BCUT2D eigenvalue weighted by molar-refractivity contribution is 14.1. The highest BCUT2D eigenvalue weighted by Gasteiger charge is 2.07. The summed E-state index contributed by atoms with van der Waals surface area (Å²) < 4.78 is 7.33. The monoisotopic (exact) mass is 410 g/mol. The molecule has 0 atom stereocenters. The molecule has 0 saturated carbocycles. The van der Waals surface area contributed by atoms with Gasteiger partial charge in [0.05, 0.1) is 8.59 Å². The van der Waals surface area contributed by atoms with E-state index in [1.165, 1.54) is 6.33 Å². The van der Waals surface area contributed by atoms with Crippen LogP contribution in [0.25, 0.3) is 0 Å². The number of aromatic nitrogens is 2. The van der Waals surface area contributed by atoms with Crippen molar-refractivity contribution in [2.45, 2.75) is 0 Å². The Kier molecular flexibility index (Phi) is 3.99. The number of halogens is 3. The first kappa shape index (κ1) is 12.1. The summed E-state index contributed by atoms with van der Waals surface area (Å²) in [6, 6.07) is 5.40. The molecule has 0 saturated heterocycles. The molecule has 16 heavy (non-hydrogen) atoms. The first-order valence-electron chi connectivity index (χ1n) is 4.25. The summed E-state index contributed by atoms with van der Waals surface area (Å²) in [6.07, 6.45) is 3.11. The Morgan fingerprint density at radius 2 is 2.19 bits per heavy atom. The standard InChI is InChI=1S/C10H5BrClIN2O/c11-6-1-2-7(12)9(3-6)16-10-8(13)4-14-5-15-10/h1-5H. The van der Waals surface area contributed by atoms with Crippen molar-refractivity contribution in [2.24, 2.45) is 0 Å². The number of rotatable bonds is 2. The molecule has 0 bridgehead atoms. The van der Waals surface area contributed by atoms with E-state index in [0.717, 1.165) is 8.04 Å². The van der Waals surface area contributed by atoms with Crippen molar-refractivity contribution in [1.29, 1.82) is 0 Å². The van der Waals surface area contributed by atoms with Crippen LogP contribution in [0.3, 0.4) is 0 Å². The van der Waals surface area contributed by atoms with E-state index in [9.17, 15) is 0 Å². The molecule has 2 aromatic rings. The highest BCUT2D eigenvalue weighted by atomic mass is 127. The second-order valence-electron chi connectivity index (χ2n) is 2.85. The quantitative estimate of drug-likeness (QED) is 0.692. The molecule has 1 aromatic heterocycles. The first-order chi connectivity index (χ1) is 7.66. The van der Waals surface area contributed by atoms with Crippen molar-refractivity contribution in [3.05, 3.63) is 43.8 Å². The SMILES string of the molecule is Clc1ccc(Br)cc1Oc1ncncc1I. The van der Waals surface area contributed by atoms with Crippen LogP contribution in [-0.4, -0.2) is 9.97 Å². The van der Waals surface area contributed by atoms with Gasteiger partial charge in [-0.15, -0.1) is 0 Å². The van der Waals surface area contributed by atoms with E-state index in [1.54, 1.807) is 18.3 Å². The normalized spacial score (nSPS) is 10.2. The molecule has 0 spiro atoms. The molecule has 1 heterocycles. The van der Waals surface area contributed by atoms with Gasteiger partial charge in [-0.1, -0.05) is 27.5 Å². The van der Waals surface area contributed by atoms with Gasteiger partial charge in [-0.25, -0.2) is 9.97 Å². The largest absolute Gasteiger partial charge is 0.436 e. The molecule has 0 aliphatic heterocycles. The van der Waals surface area contributed by atoms with Gasteiger partial charge in [0.25, 0.3) is 0 Å². The van der Waals surface area contributed by atoms with Crippen LogP contribution in [0, 0.1) is 3.57 Å². The maximum Gasteiger partial charge on any atom is 0.235 e. The molecular weight excluding hydrogens is 406 g/mol. The Bertz CT molecular complexity index is 524. The minimum atomic E-state index is 0.496. The summed E-state index contributed by atoms with van der Waals surface area (Å²) in [5.41, 5.74) is 0. The summed E-state index contributed by atoms with van der Waals surface area (Å²) >= 11 is 11.5. The second kappa shape index (κ2) is 5.29. The van der Waals surface area contributed by atoms with E-state index in [1.807, 2.05) is 6.07 Å². The fourth-order valence-corrected chi connectivity index (χ4v) is 1.94. The summed E-state index contributed by atoms with van der Waals surface area (Å²) in [6.45, 7) is 0. The Labute approximate surface area is 119 Å². The fourth-order valence-electron chi connectivity index (χ4n) is 1.04. The Morgan fingerprint density at radius 3 is 2.94 bits per heavy atom. The highest BCUT2D eigenvalue weighted by Crippen LogP contribution is 2.32. The Hall–Kier alpha value is -0.400. The van der Waals surface area contributed by atoms with E-state index < -0.39 is 0 Å². The van der Waals surface area contributed by atoms with E-state index in [-0.39, 0.29) is 0 Å². The summed E-state index contributed by atoms with van der Waals surface area (Å²) in [5.74, 6) is 1.06. The molecule has 82 valence electrons. The zero-order chi connectivity index (χ0) is 11.5. The van der Waals surface area contributed by atoms with E-state index in [2.05, 4.69) is 48.5 Å². The third kappa shape index (κ3) is 2.83. The van der Waals surface area contributed by atoms with Crippen LogP contribution in [0.5, 0.6) is 11.6 Å². The lowest BCUT2D eigenvalue weighted by Gasteiger charge is -2.07. The van der Waals surface area contributed by atoms with Crippen molar-refractivity contribution in [3.63, 3.8) is 0 Å². The molecule has 3 nitrogen and oxygen atoms in total. The van der Waals surface area contributed by atoms with Gasteiger partial charge in [0.15, 0.2) is 0 Å². The number of nitrogens with zero attached hydrogens (tertiary/aromatic N) is 2. The van der Waals surface area contributed by atoms with Crippen molar-refractivity contribution in [3.8, 4) is 11.6 Å². The molecule has 0 unspecified atom stereocenters. The summed E-state index contributed by atoms with van der Waals surface area (Å²) in [7, 11) is 0. The average Bonchev–Trinajstić information content (AvgIpc) is 2.27. The smallest absolute Gasteiger partial charge is 0.235 e. The summed E-state index contributed by atoms with van der Waals surface area (Å²) in [4.78, 5) is 7.92. The van der Waals surface area contributed by atoms with Gasteiger partial charge in [0, 0.05) is 10.7 Å². The van der Waals surface area contributed by atoms with Crippen LogP contribution in [0.4, 0.5) is 0 Å². The van der Waals surface area contributed by atoms with Gasteiger partial charge in [0.2, 0.25) is 5.88 Å². The summed E-state index contributed by atoms with van der Waals surface area (Å²) in [5, 5.41) is 0.539. The minimum Gasteiger partial charge on any atom is -0.436 e. The van der Waals surface area contributed by atoms with Gasteiger partial charge in [-0.2, -0.15) is 0 Å². The maximum atomic E-state index is 6.01. The zero-order valence-corrected chi connectivity index (χ0v) is 12.3. The predicted molar refractivity (Wildman–Crippen MR) is 74.0 cm³/mol. The lowest BCUT2D eigenvalue weighted by Crippen LogP contribution is -1.92. The van der Waals surface area contributed by atoms with Crippen molar-refractivity contribution >= 4 is 50.1 Å². The van der Waals surface area contributed by atoms with Crippen molar-refractivity contribution in [1.82, 2.24) is 9.97 Å². The van der Waals surface area contributed by atoms with E-state index in [4.69, 9.17) is 16.3 Å². The molecule has 0 aliphatic rings. The molecule has 2 rings (SSSR count). The average molecular weight is 411 g/mol. The molecule has 6 heteroatoms. The van der Waals surface area contributed by atoms with Gasteiger partial charge in [0.1, 0.15) is 12.1 Å². The van der Waals surface area contributed by atoms with Gasteiger partial charge >= 0.3 is 0 Å². The van der Waals surface area contributed by atoms with Crippen LogP contribution < -0.4 is 4.74 Å². The van der Waals surface area contributed by atoms with Crippen LogP contribution in [0.1, 0.15) is 0 Å². The number of benzene rings is 1. The lowest BCUT2D eigenvalue weighted by molar-refractivity contribution is 0.457.